The van der Waals surface area contributed by atoms with E-state index in [1.54, 1.807) is 13.8 Å². The number of fused-ring (bicyclic) bond motifs is 7. The Labute approximate surface area is 306 Å². The predicted octanol–water partition coefficient (Wildman–Crippen LogP) is 9.20. The third-order valence-electron chi connectivity index (χ3n) is 15.9. The molecule has 2 N–H and O–H groups in total. The summed E-state index contributed by atoms with van der Waals surface area (Å²) in [6, 6.07) is 9.39. The van der Waals surface area contributed by atoms with Crippen molar-refractivity contribution in [3.63, 3.8) is 0 Å². The zero-order valence-corrected chi connectivity index (χ0v) is 32.7. The molecule has 8 atom stereocenters. The van der Waals surface area contributed by atoms with E-state index in [-0.39, 0.29) is 51.4 Å². The highest BCUT2D eigenvalue weighted by Gasteiger charge is 2.70. The molecule has 5 aliphatic carbocycles. The summed E-state index contributed by atoms with van der Waals surface area (Å²) < 4.78 is 6.16. The maximum Gasteiger partial charge on any atom is 0.309 e. The smallest absolute Gasteiger partial charge is 0.309 e. The van der Waals surface area contributed by atoms with Crippen LogP contribution in [0.3, 0.4) is 0 Å². The molecule has 280 valence electrons. The zero-order valence-electron chi connectivity index (χ0n) is 32.7. The molecule has 1 aromatic rings. The highest BCUT2D eigenvalue weighted by molar-refractivity contribution is 6.00. The molecule has 1 aromatic carbocycles. The molecule has 1 amide bonds. The van der Waals surface area contributed by atoms with E-state index in [4.69, 9.17) is 4.74 Å². The van der Waals surface area contributed by atoms with Crippen molar-refractivity contribution in [1.82, 2.24) is 5.32 Å². The Morgan fingerprint density at radius 1 is 0.902 bits per heavy atom. The molecule has 0 aromatic heterocycles. The number of aliphatic carboxylic acids is 1. The average molecular weight is 702 g/mol. The average Bonchev–Trinajstić information content (AvgIpc) is 3.35. The van der Waals surface area contributed by atoms with Gasteiger partial charge in [-0.05, 0) is 129 Å². The molecule has 51 heavy (non-hydrogen) atoms. The predicted molar refractivity (Wildman–Crippen MR) is 199 cm³/mol. The Morgan fingerprint density at radius 3 is 2.24 bits per heavy atom. The van der Waals surface area contributed by atoms with Gasteiger partial charge in [-0.1, -0.05) is 72.2 Å². The van der Waals surface area contributed by atoms with Crippen molar-refractivity contribution < 1.29 is 29.0 Å². The zero-order chi connectivity index (χ0) is 37.4. The number of ether oxygens (including phenoxy) is 1. The third kappa shape index (κ3) is 5.91. The second-order valence-corrected chi connectivity index (χ2v) is 19.6. The molecule has 0 radical (unpaired) electrons. The van der Waals surface area contributed by atoms with Gasteiger partial charge in [-0.15, -0.1) is 0 Å². The standard InChI is InChI=1S/C44H63NO6/c1-27(2)35-30(46)25-44(23-24-45-37(48)28-13-11-10-12-14-28)22-21-42(8)29(36(35)44)15-16-32-41(7)19-18-33(51-34(47)26-39(3,4)38(49)50)40(5,6)31(41)17-20-43(32,42)9/h10-14,27,29,31-33H,15-26H2,1-9H3,(H,45,48)(H,49,50)/t29-,31?,32-,33+,41+,42-,43-,44-/m1/s1. The van der Waals surface area contributed by atoms with E-state index in [0.29, 0.717) is 42.1 Å². The quantitative estimate of drug-likeness (QED) is 0.249. The van der Waals surface area contributed by atoms with Crippen LogP contribution in [0.4, 0.5) is 0 Å². The fourth-order valence-electron chi connectivity index (χ4n) is 13.0. The fourth-order valence-corrected chi connectivity index (χ4v) is 13.0. The number of carbonyl (C=O) groups excluding carboxylic acids is 3. The maximum atomic E-state index is 14.0. The van der Waals surface area contributed by atoms with Crippen LogP contribution in [0.25, 0.3) is 0 Å². The number of Topliss-reactive ketones (excluding diaryl/α,β-unsaturated/α-hetero) is 1. The van der Waals surface area contributed by atoms with Gasteiger partial charge >= 0.3 is 11.9 Å². The number of esters is 1. The first-order chi connectivity index (χ1) is 23.7. The topological polar surface area (TPSA) is 110 Å². The van der Waals surface area contributed by atoms with Crippen molar-refractivity contribution in [2.75, 3.05) is 6.54 Å². The van der Waals surface area contributed by atoms with E-state index in [0.717, 1.165) is 63.4 Å². The minimum absolute atomic E-state index is 0.0522. The van der Waals surface area contributed by atoms with Gasteiger partial charge in [0, 0.05) is 29.4 Å². The van der Waals surface area contributed by atoms with Gasteiger partial charge in [0.2, 0.25) is 0 Å². The van der Waals surface area contributed by atoms with Crippen molar-refractivity contribution >= 4 is 23.6 Å². The van der Waals surface area contributed by atoms with Gasteiger partial charge in [0.1, 0.15) is 6.10 Å². The van der Waals surface area contributed by atoms with Gasteiger partial charge in [-0.2, -0.15) is 0 Å². The Bertz CT molecular complexity index is 1610. The monoisotopic (exact) mass is 701 g/mol. The Kier molecular flexibility index (Phi) is 9.53. The number of carboxylic acid groups (broad SMARTS) is 1. The summed E-state index contributed by atoms with van der Waals surface area (Å²) in [5.74, 6) is 0.297. The van der Waals surface area contributed by atoms with E-state index in [9.17, 15) is 24.3 Å². The fraction of sp³-hybridized carbons (Fsp3) is 0.727. The lowest BCUT2D eigenvalue weighted by atomic mass is 9.33. The van der Waals surface area contributed by atoms with E-state index < -0.39 is 17.4 Å². The summed E-state index contributed by atoms with van der Waals surface area (Å²) in [6.45, 7) is 20.3. The molecule has 6 rings (SSSR count). The van der Waals surface area contributed by atoms with Crippen LogP contribution < -0.4 is 5.32 Å². The number of hydrogen-bond donors (Lipinski definition) is 2. The second-order valence-electron chi connectivity index (χ2n) is 19.6. The molecule has 0 aliphatic heterocycles. The number of allylic oxidation sites excluding steroid dienone is 2. The summed E-state index contributed by atoms with van der Waals surface area (Å²) in [4.78, 5) is 51.8. The number of amides is 1. The van der Waals surface area contributed by atoms with Crippen LogP contribution in [-0.4, -0.2) is 41.4 Å². The molecule has 0 bridgehead atoms. The number of rotatable bonds is 9. The normalized spacial score (nSPS) is 37.2. The molecule has 7 nitrogen and oxygen atoms in total. The summed E-state index contributed by atoms with van der Waals surface area (Å²) in [6.07, 6.45) is 9.25. The van der Waals surface area contributed by atoms with Crippen molar-refractivity contribution in [3.05, 3.63) is 47.0 Å². The Hall–Kier alpha value is -2.96. The lowest BCUT2D eigenvalue weighted by molar-refractivity contribution is -0.233. The first-order valence-corrected chi connectivity index (χ1v) is 19.8. The van der Waals surface area contributed by atoms with Gasteiger partial charge in [0.25, 0.3) is 5.91 Å². The molecule has 4 fully saturated rings. The number of nitrogens with one attached hydrogen (secondary N) is 1. The molecule has 0 saturated heterocycles. The van der Waals surface area contributed by atoms with E-state index in [1.807, 2.05) is 30.3 Å². The van der Waals surface area contributed by atoms with Crippen molar-refractivity contribution in [2.24, 2.45) is 56.2 Å². The molecular weight excluding hydrogens is 638 g/mol. The summed E-state index contributed by atoms with van der Waals surface area (Å²) in [5, 5.41) is 12.8. The van der Waals surface area contributed by atoms with Crippen LogP contribution in [0, 0.1) is 56.2 Å². The van der Waals surface area contributed by atoms with Crippen molar-refractivity contribution in [3.8, 4) is 0 Å². The van der Waals surface area contributed by atoms with Crippen molar-refractivity contribution in [1.29, 1.82) is 0 Å². The highest BCUT2D eigenvalue weighted by Crippen LogP contribution is 2.77. The molecule has 4 saturated carbocycles. The largest absolute Gasteiger partial charge is 0.481 e. The lowest BCUT2D eigenvalue weighted by Gasteiger charge is -2.72. The molecule has 0 heterocycles. The number of carbonyl (C=O) groups is 4. The number of hydrogen-bond acceptors (Lipinski definition) is 5. The SMILES string of the molecule is CC(C)C1=C2[C@H]3CC[C@@H]4[C@@]5(C)CC[C@H](OC(=O)CC(C)(C)C(=O)O)C(C)(C)C5CC[C@@]4(C)[C@]3(C)CC[C@@]2(CCNC(=O)c2ccccc2)CC1=O. The first kappa shape index (κ1) is 37.8. The van der Waals surface area contributed by atoms with Crippen molar-refractivity contribution in [2.45, 2.75) is 139 Å². The molecule has 1 unspecified atom stereocenters. The molecule has 0 spiro atoms. The van der Waals surface area contributed by atoms with Crippen LogP contribution in [0.2, 0.25) is 0 Å². The Balaban J connectivity index is 1.25. The third-order valence-corrected chi connectivity index (χ3v) is 15.9. The van der Waals surface area contributed by atoms with E-state index >= 15 is 0 Å². The lowest BCUT2D eigenvalue weighted by Crippen LogP contribution is -2.65. The van der Waals surface area contributed by atoms with Crippen LogP contribution >= 0.6 is 0 Å². The van der Waals surface area contributed by atoms with Gasteiger partial charge in [-0.3, -0.25) is 19.2 Å². The number of benzene rings is 1. The minimum Gasteiger partial charge on any atom is -0.481 e. The van der Waals surface area contributed by atoms with Crippen LogP contribution in [0.15, 0.2) is 41.5 Å². The summed E-state index contributed by atoms with van der Waals surface area (Å²) >= 11 is 0. The molecule has 5 aliphatic rings. The van der Waals surface area contributed by atoms with Gasteiger partial charge in [0.15, 0.2) is 5.78 Å². The maximum absolute atomic E-state index is 14.0. The Morgan fingerprint density at radius 2 is 1.59 bits per heavy atom. The number of carboxylic acids is 1. The van der Waals surface area contributed by atoms with E-state index in [1.165, 1.54) is 5.57 Å². The van der Waals surface area contributed by atoms with Crippen LogP contribution in [0.1, 0.15) is 143 Å². The second kappa shape index (κ2) is 12.9. The van der Waals surface area contributed by atoms with Gasteiger partial charge in [0.05, 0.1) is 11.8 Å². The van der Waals surface area contributed by atoms with Gasteiger partial charge < -0.3 is 15.2 Å². The summed E-state index contributed by atoms with van der Waals surface area (Å²) in [5.41, 5.74) is 1.85. The van der Waals surface area contributed by atoms with Gasteiger partial charge in [-0.25, -0.2) is 0 Å². The minimum atomic E-state index is -1.16. The highest BCUT2D eigenvalue weighted by atomic mass is 16.5. The molecular formula is C44H63NO6. The molecule has 7 heteroatoms. The summed E-state index contributed by atoms with van der Waals surface area (Å²) in [7, 11) is 0. The van der Waals surface area contributed by atoms with E-state index in [2.05, 4.69) is 53.8 Å². The number of ketones is 1. The van der Waals surface area contributed by atoms with Crippen LogP contribution in [-0.2, 0) is 19.1 Å². The first-order valence-electron chi connectivity index (χ1n) is 19.8. The van der Waals surface area contributed by atoms with Crippen LogP contribution in [0.5, 0.6) is 0 Å².